The molecule has 1 aromatic rings. The number of nitrogens with two attached hydrogens (primary N) is 1. The van der Waals surface area contributed by atoms with Gasteiger partial charge in [-0.25, -0.2) is 0 Å². The van der Waals surface area contributed by atoms with E-state index < -0.39 is 11.9 Å². The zero-order valence-electron chi connectivity index (χ0n) is 7.76. The van der Waals surface area contributed by atoms with Crippen LogP contribution in [0.2, 0.25) is 0 Å². The quantitative estimate of drug-likeness (QED) is 0.761. The second kappa shape index (κ2) is 5.07. The zero-order chi connectivity index (χ0) is 10.4. The molecule has 0 saturated carbocycles. The molecule has 0 spiro atoms. The monoisotopic (exact) mass is 191 g/mol. The van der Waals surface area contributed by atoms with Gasteiger partial charge < -0.3 is 10.8 Å². The highest BCUT2D eigenvalue weighted by atomic mass is 16.4. The largest absolute Gasteiger partial charge is 0.481 e. The number of allylic oxidation sites excluding steroid dienone is 1. The fourth-order valence-corrected chi connectivity index (χ4v) is 1.28. The number of aliphatic carboxylic acids is 1. The topological polar surface area (TPSA) is 63.3 Å². The molecule has 0 aliphatic carbocycles. The van der Waals surface area contributed by atoms with Crippen LogP contribution in [0.5, 0.6) is 0 Å². The van der Waals surface area contributed by atoms with Crippen molar-refractivity contribution >= 4 is 5.97 Å². The third kappa shape index (κ3) is 2.62. The van der Waals surface area contributed by atoms with Gasteiger partial charge in [0, 0.05) is 0 Å². The van der Waals surface area contributed by atoms with Crippen LogP contribution in [0, 0.1) is 0 Å². The Kier molecular flexibility index (Phi) is 3.73. The summed E-state index contributed by atoms with van der Waals surface area (Å²) >= 11 is 0. The Bertz CT molecular complexity index is 319. The Balaban J connectivity index is 2.83. The fourth-order valence-electron chi connectivity index (χ4n) is 1.28. The molecule has 3 N–H and O–H groups in total. The standard InChI is InChI=1S/C11H13NO2/c12-8-4-7-10(11(13)14)9-5-2-1-3-6-9/h1-6,8,10H,7,12H2,(H,13,14). The van der Waals surface area contributed by atoms with Gasteiger partial charge in [0.1, 0.15) is 0 Å². The van der Waals surface area contributed by atoms with Gasteiger partial charge in [0.05, 0.1) is 5.92 Å². The highest BCUT2D eigenvalue weighted by molar-refractivity contribution is 5.76. The molecule has 1 rings (SSSR count). The van der Waals surface area contributed by atoms with E-state index in [-0.39, 0.29) is 0 Å². The molecule has 0 heterocycles. The van der Waals surface area contributed by atoms with Crippen LogP contribution in [0.25, 0.3) is 0 Å². The van der Waals surface area contributed by atoms with Gasteiger partial charge in [-0.2, -0.15) is 0 Å². The predicted octanol–water partition coefficient (Wildman–Crippen LogP) is 1.72. The lowest BCUT2D eigenvalue weighted by molar-refractivity contribution is -0.138. The third-order valence-electron chi connectivity index (χ3n) is 2.01. The van der Waals surface area contributed by atoms with Gasteiger partial charge in [-0.15, -0.1) is 0 Å². The van der Waals surface area contributed by atoms with Crippen LogP contribution < -0.4 is 5.73 Å². The van der Waals surface area contributed by atoms with E-state index in [1.165, 1.54) is 6.20 Å². The minimum Gasteiger partial charge on any atom is -0.481 e. The molecule has 3 heteroatoms. The van der Waals surface area contributed by atoms with Gasteiger partial charge in [-0.3, -0.25) is 4.79 Å². The summed E-state index contributed by atoms with van der Waals surface area (Å²) in [6.07, 6.45) is 3.46. The van der Waals surface area contributed by atoms with Crippen LogP contribution in [0.4, 0.5) is 0 Å². The lowest BCUT2D eigenvalue weighted by atomic mass is 9.96. The van der Waals surface area contributed by atoms with E-state index in [4.69, 9.17) is 10.8 Å². The molecule has 0 saturated heterocycles. The molecule has 0 amide bonds. The van der Waals surface area contributed by atoms with Crippen molar-refractivity contribution in [2.75, 3.05) is 0 Å². The molecule has 0 aliphatic rings. The van der Waals surface area contributed by atoms with E-state index in [1.54, 1.807) is 6.08 Å². The number of carboxylic acids is 1. The molecule has 3 nitrogen and oxygen atoms in total. The molecule has 0 aromatic heterocycles. The van der Waals surface area contributed by atoms with E-state index in [0.29, 0.717) is 6.42 Å². The Morgan fingerprint density at radius 1 is 1.43 bits per heavy atom. The van der Waals surface area contributed by atoms with Crippen molar-refractivity contribution in [2.45, 2.75) is 12.3 Å². The third-order valence-corrected chi connectivity index (χ3v) is 2.01. The van der Waals surface area contributed by atoms with E-state index in [2.05, 4.69) is 0 Å². The maximum atomic E-state index is 10.9. The van der Waals surface area contributed by atoms with E-state index in [1.807, 2.05) is 30.3 Å². The molecule has 0 aliphatic heterocycles. The molecule has 0 radical (unpaired) electrons. The minimum absolute atomic E-state index is 0.426. The van der Waals surface area contributed by atoms with Crippen LogP contribution in [-0.4, -0.2) is 11.1 Å². The molecule has 0 fully saturated rings. The normalized spacial score (nSPS) is 12.9. The Morgan fingerprint density at radius 2 is 2.07 bits per heavy atom. The maximum absolute atomic E-state index is 10.9. The van der Waals surface area contributed by atoms with Gasteiger partial charge in [0.2, 0.25) is 0 Å². The second-order valence-electron chi connectivity index (χ2n) is 2.97. The molecule has 1 unspecified atom stereocenters. The Labute approximate surface area is 82.9 Å². The van der Waals surface area contributed by atoms with Crippen LogP contribution in [0.15, 0.2) is 42.6 Å². The first kappa shape index (κ1) is 10.3. The van der Waals surface area contributed by atoms with Crippen molar-refractivity contribution in [3.63, 3.8) is 0 Å². The van der Waals surface area contributed by atoms with Crippen LogP contribution in [0.1, 0.15) is 17.9 Å². The van der Waals surface area contributed by atoms with E-state index in [9.17, 15) is 4.79 Å². The summed E-state index contributed by atoms with van der Waals surface area (Å²) in [6, 6.07) is 9.14. The Hall–Kier alpha value is -1.77. The minimum atomic E-state index is -0.825. The number of hydrogen-bond donors (Lipinski definition) is 2. The van der Waals surface area contributed by atoms with E-state index >= 15 is 0 Å². The van der Waals surface area contributed by atoms with Gasteiger partial charge >= 0.3 is 5.97 Å². The van der Waals surface area contributed by atoms with Crippen molar-refractivity contribution in [2.24, 2.45) is 5.73 Å². The number of hydrogen-bond acceptors (Lipinski definition) is 2. The van der Waals surface area contributed by atoms with Gasteiger partial charge in [-0.05, 0) is 18.2 Å². The second-order valence-corrected chi connectivity index (χ2v) is 2.97. The summed E-state index contributed by atoms with van der Waals surface area (Å²) in [7, 11) is 0. The average Bonchev–Trinajstić information content (AvgIpc) is 2.19. The lowest BCUT2D eigenvalue weighted by Gasteiger charge is -2.09. The zero-order valence-corrected chi connectivity index (χ0v) is 7.76. The number of rotatable bonds is 4. The van der Waals surface area contributed by atoms with Gasteiger partial charge in [-0.1, -0.05) is 36.4 Å². The number of benzene rings is 1. The smallest absolute Gasteiger partial charge is 0.311 e. The molecular weight excluding hydrogens is 178 g/mol. The summed E-state index contributed by atoms with van der Waals surface area (Å²) in [4.78, 5) is 10.9. The summed E-state index contributed by atoms with van der Waals surface area (Å²) in [5.41, 5.74) is 5.99. The van der Waals surface area contributed by atoms with Gasteiger partial charge in [0.25, 0.3) is 0 Å². The van der Waals surface area contributed by atoms with Crippen molar-refractivity contribution in [3.05, 3.63) is 48.2 Å². The van der Waals surface area contributed by atoms with Crippen molar-refractivity contribution in [1.29, 1.82) is 0 Å². The van der Waals surface area contributed by atoms with Crippen molar-refractivity contribution in [3.8, 4) is 0 Å². The Morgan fingerprint density at radius 3 is 2.57 bits per heavy atom. The molecule has 74 valence electrons. The van der Waals surface area contributed by atoms with Crippen molar-refractivity contribution in [1.82, 2.24) is 0 Å². The summed E-state index contributed by atoms with van der Waals surface area (Å²) in [6.45, 7) is 0. The molecule has 0 bridgehead atoms. The average molecular weight is 191 g/mol. The molecular formula is C11H13NO2. The SMILES string of the molecule is NC=CCC(C(=O)O)c1ccccc1. The first-order chi connectivity index (χ1) is 6.75. The highest BCUT2D eigenvalue weighted by Gasteiger charge is 2.17. The highest BCUT2D eigenvalue weighted by Crippen LogP contribution is 2.19. The van der Waals surface area contributed by atoms with Crippen LogP contribution in [0.3, 0.4) is 0 Å². The first-order valence-electron chi connectivity index (χ1n) is 4.40. The van der Waals surface area contributed by atoms with Crippen LogP contribution >= 0.6 is 0 Å². The summed E-state index contributed by atoms with van der Waals surface area (Å²) in [5, 5.41) is 8.98. The number of carbonyl (C=O) groups is 1. The van der Waals surface area contributed by atoms with E-state index in [0.717, 1.165) is 5.56 Å². The molecule has 14 heavy (non-hydrogen) atoms. The van der Waals surface area contributed by atoms with Crippen LogP contribution in [-0.2, 0) is 4.79 Å². The fraction of sp³-hybridized carbons (Fsp3) is 0.182. The number of carboxylic acid groups (broad SMARTS) is 1. The van der Waals surface area contributed by atoms with Gasteiger partial charge in [0.15, 0.2) is 0 Å². The molecule has 1 aromatic carbocycles. The van der Waals surface area contributed by atoms with Crippen molar-refractivity contribution < 1.29 is 9.90 Å². The predicted molar refractivity (Wildman–Crippen MR) is 54.8 cm³/mol. The summed E-state index contributed by atoms with van der Waals surface area (Å²) in [5.74, 6) is -1.33. The maximum Gasteiger partial charge on any atom is 0.311 e. The lowest BCUT2D eigenvalue weighted by Crippen LogP contribution is -2.10. The molecule has 1 atom stereocenters. The first-order valence-corrected chi connectivity index (χ1v) is 4.40. The summed E-state index contributed by atoms with van der Waals surface area (Å²) < 4.78 is 0.